The van der Waals surface area contributed by atoms with E-state index in [1.54, 1.807) is 0 Å². The summed E-state index contributed by atoms with van der Waals surface area (Å²) in [4.78, 5) is -0.814. The van der Waals surface area contributed by atoms with Gasteiger partial charge in [-0.15, -0.1) is 0 Å². The average Bonchev–Trinajstić information content (AvgIpc) is 1.98. The van der Waals surface area contributed by atoms with Gasteiger partial charge < -0.3 is 5.73 Å². The van der Waals surface area contributed by atoms with Crippen molar-refractivity contribution in [2.45, 2.75) is 4.90 Å². The van der Waals surface area contributed by atoms with Crippen LogP contribution in [0.5, 0.6) is 0 Å². The lowest BCUT2D eigenvalue weighted by atomic mass is 10.3. The molecule has 0 saturated heterocycles. The third-order valence-corrected chi connectivity index (χ3v) is 2.33. The molecule has 0 fully saturated rings. The first-order valence-electron chi connectivity index (χ1n) is 3.10. The fourth-order valence-corrected chi connectivity index (χ4v) is 1.39. The van der Waals surface area contributed by atoms with Crippen LogP contribution in [-0.2, 0) is 10.0 Å². The minimum Gasteiger partial charge on any atom is -0.394 e. The normalized spacial score (nSPS) is 11.6. The Morgan fingerprint density at radius 2 is 1.77 bits per heavy atom. The van der Waals surface area contributed by atoms with Crippen molar-refractivity contribution in [3.8, 4) is 0 Å². The van der Waals surface area contributed by atoms with Crippen LogP contribution >= 0.6 is 0 Å². The molecule has 7 heteroatoms. The highest BCUT2D eigenvalue weighted by Crippen LogP contribution is 2.21. The number of nitrogen functional groups attached to an aromatic ring is 1. The van der Waals surface area contributed by atoms with Gasteiger partial charge in [0.05, 0.1) is 0 Å². The van der Waals surface area contributed by atoms with E-state index in [9.17, 15) is 17.2 Å². The van der Waals surface area contributed by atoms with Crippen molar-refractivity contribution in [3.63, 3.8) is 0 Å². The van der Waals surface area contributed by atoms with Crippen molar-refractivity contribution < 1.29 is 17.2 Å². The summed E-state index contributed by atoms with van der Waals surface area (Å²) >= 11 is 0. The Morgan fingerprint density at radius 1 is 1.23 bits per heavy atom. The highest BCUT2D eigenvalue weighted by atomic mass is 32.2. The Hall–Kier alpha value is -1.21. The monoisotopic (exact) mass is 208 g/mol. The van der Waals surface area contributed by atoms with Gasteiger partial charge in [0.2, 0.25) is 10.0 Å². The van der Waals surface area contributed by atoms with E-state index in [2.05, 4.69) is 5.14 Å². The van der Waals surface area contributed by atoms with E-state index >= 15 is 0 Å². The lowest BCUT2D eigenvalue weighted by Gasteiger charge is -2.03. The van der Waals surface area contributed by atoms with Gasteiger partial charge in [-0.2, -0.15) is 0 Å². The summed E-state index contributed by atoms with van der Waals surface area (Å²) in [6, 6.07) is 1.45. The van der Waals surface area contributed by atoms with Crippen molar-refractivity contribution in [1.82, 2.24) is 0 Å². The van der Waals surface area contributed by atoms with Crippen LogP contribution < -0.4 is 10.9 Å². The second-order valence-electron chi connectivity index (χ2n) is 2.32. The van der Waals surface area contributed by atoms with E-state index < -0.39 is 32.2 Å². The van der Waals surface area contributed by atoms with Crippen LogP contribution in [0.2, 0.25) is 0 Å². The molecule has 0 bridgehead atoms. The number of benzene rings is 1. The zero-order valence-electron chi connectivity index (χ0n) is 6.29. The molecule has 0 spiro atoms. The molecule has 0 heterocycles. The summed E-state index contributed by atoms with van der Waals surface area (Å²) in [5, 5.41) is 4.63. The molecule has 0 atom stereocenters. The number of rotatable bonds is 1. The third-order valence-electron chi connectivity index (χ3n) is 1.40. The predicted molar refractivity (Wildman–Crippen MR) is 42.1 cm³/mol. The maximum Gasteiger partial charge on any atom is 0.241 e. The first-order chi connectivity index (χ1) is 5.84. The number of hydrogen-bond donors (Lipinski definition) is 2. The summed E-state index contributed by atoms with van der Waals surface area (Å²) in [7, 11) is -4.19. The van der Waals surface area contributed by atoms with E-state index in [4.69, 9.17) is 5.73 Å². The second kappa shape index (κ2) is 2.93. The molecule has 0 aliphatic carbocycles. The van der Waals surface area contributed by atoms with Crippen LogP contribution in [0.4, 0.5) is 14.5 Å². The maximum absolute atomic E-state index is 12.9. The van der Waals surface area contributed by atoms with E-state index in [1.165, 1.54) is 0 Å². The minimum absolute atomic E-state index is 0.719. The summed E-state index contributed by atoms with van der Waals surface area (Å²) in [6.07, 6.45) is 0. The molecule has 0 radical (unpaired) electrons. The van der Waals surface area contributed by atoms with Gasteiger partial charge >= 0.3 is 0 Å². The molecule has 0 unspecified atom stereocenters. The Morgan fingerprint density at radius 3 is 2.23 bits per heavy atom. The highest BCUT2D eigenvalue weighted by molar-refractivity contribution is 7.89. The Bertz CT molecular complexity index is 444. The molecular formula is C6H6F2N2O2S. The summed E-state index contributed by atoms with van der Waals surface area (Å²) < 4.78 is 46.8. The van der Waals surface area contributed by atoms with Gasteiger partial charge in [-0.3, -0.25) is 0 Å². The number of primary sulfonamides is 1. The van der Waals surface area contributed by atoms with Crippen LogP contribution in [0.25, 0.3) is 0 Å². The molecule has 1 rings (SSSR count). The number of halogens is 2. The zero-order chi connectivity index (χ0) is 10.2. The molecule has 0 saturated carbocycles. The number of anilines is 1. The first-order valence-corrected chi connectivity index (χ1v) is 4.65. The smallest absolute Gasteiger partial charge is 0.241 e. The molecule has 1 aromatic rings. The molecule has 72 valence electrons. The van der Waals surface area contributed by atoms with Gasteiger partial charge in [0.15, 0.2) is 5.82 Å². The standard InChI is InChI=1S/C6H6F2N2O2S/c7-3-1-2-4(13(10,11)12)5(8)6(3)9/h1-2H,9H2,(H2,10,11,12). The van der Waals surface area contributed by atoms with Gasteiger partial charge in [0.1, 0.15) is 16.4 Å². The Labute approximate surface area is 73.2 Å². The molecule has 4 N–H and O–H groups in total. The SMILES string of the molecule is Nc1c(F)ccc(S(N)(=O)=O)c1F. The molecule has 0 aliphatic heterocycles. The third kappa shape index (κ3) is 1.76. The number of sulfonamides is 1. The molecule has 1 aromatic carbocycles. The fraction of sp³-hybridized carbons (Fsp3) is 0. The fourth-order valence-electron chi connectivity index (χ4n) is 0.769. The molecular weight excluding hydrogens is 202 g/mol. The molecule has 4 nitrogen and oxygen atoms in total. The van der Waals surface area contributed by atoms with E-state index in [1.807, 2.05) is 0 Å². The van der Waals surface area contributed by atoms with Crippen molar-refractivity contribution in [2.75, 3.05) is 5.73 Å². The Kier molecular flexibility index (Phi) is 2.22. The van der Waals surface area contributed by atoms with Crippen molar-refractivity contribution >= 4 is 15.7 Å². The molecule has 0 aliphatic rings. The predicted octanol–water partition coefficient (Wildman–Crippen LogP) is 0.194. The van der Waals surface area contributed by atoms with Crippen LogP contribution in [-0.4, -0.2) is 8.42 Å². The van der Waals surface area contributed by atoms with Gasteiger partial charge in [-0.1, -0.05) is 0 Å². The second-order valence-corrected chi connectivity index (χ2v) is 3.85. The van der Waals surface area contributed by atoms with Crippen LogP contribution in [0, 0.1) is 11.6 Å². The summed E-state index contributed by atoms with van der Waals surface area (Å²) in [5.41, 5.74) is 4.05. The minimum atomic E-state index is -4.19. The quantitative estimate of drug-likeness (QED) is 0.646. The molecule has 0 aromatic heterocycles. The van der Waals surface area contributed by atoms with Crippen LogP contribution in [0.1, 0.15) is 0 Å². The summed E-state index contributed by atoms with van der Waals surface area (Å²) in [5.74, 6) is -2.38. The van der Waals surface area contributed by atoms with E-state index in [-0.39, 0.29) is 0 Å². The van der Waals surface area contributed by atoms with E-state index in [0.717, 1.165) is 12.1 Å². The lowest BCUT2D eigenvalue weighted by molar-refractivity contribution is 0.556. The number of nitrogens with two attached hydrogens (primary N) is 2. The highest BCUT2D eigenvalue weighted by Gasteiger charge is 2.18. The Balaban J connectivity index is 3.53. The maximum atomic E-state index is 12.9. The summed E-state index contributed by atoms with van der Waals surface area (Å²) in [6.45, 7) is 0. The topological polar surface area (TPSA) is 86.2 Å². The first kappa shape index (κ1) is 9.87. The van der Waals surface area contributed by atoms with Crippen LogP contribution in [0.3, 0.4) is 0 Å². The van der Waals surface area contributed by atoms with Crippen molar-refractivity contribution in [1.29, 1.82) is 0 Å². The van der Waals surface area contributed by atoms with Gasteiger partial charge in [0.25, 0.3) is 0 Å². The average molecular weight is 208 g/mol. The van der Waals surface area contributed by atoms with Crippen molar-refractivity contribution in [2.24, 2.45) is 5.14 Å². The van der Waals surface area contributed by atoms with Gasteiger partial charge in [-0.05, 0) is 12.1 Å². The molecule has 13 heavy (non-hydrogen) atoms. The molecule has 0 amide bonds. The largest absolute Gasteiger partial charge is 0.394 e. The lowest BCUT2D eigenvalue weighted by Crippen LogP contribution is -2.15. The van der Waals surface area contributed by atoms with Gasteiger partial charge in [0, 0.05) is 0 Å². The van der Waals surface area contributed by atoms with Crippen LogP contribution in [0.15, 0.2) is 17.0 Å². The van der Waals surface area contributed by atoms with E-state index in [0.29, 0.717) is 0 Å². The number of hydrogen-bond acceptors (Lipinski definition) is 3. The zero-order valence-corrected chi connectivity index (χ0v) is 7.11. The van der Waals surface area contributed by atoms with Crippen molar-refractivity contribution in [3.05, 3.63) is 23.8 Å². The van der Waals surface area contributed by atoms with Gasteiger partial charge in [-0.25, -0.2) is 22.3 Å².